The van der Waals surface area contributed by atoms with Gasteiger partial charge in [0.15, 0.2) is 28.2 Å². The molecular formula is C25H30FN5O3S. The number of aromatic nitrogens is 1. The Morgan fingerprint density at radius 3 is 2.66 bits per heavy atom. The zero-order chi connectivity index (χ0) is 24.6. The molecule has 4 N–H and O–H groups in total. The van der Waals surface area contributed by atoms with Gasteiger partial charge in [-0.25, -0.2) is 10.2 Å². The van der Waals surface area contributed by atoms with E-state index in [-0.39, 0.29) is 10.9 Å². The summed E-state index contributed by atoms with van der Waals surface area (Å²) < 4.78 is 32.2. The molecule has 0 bridgehead atoms. The first-order chi connectivity index (χ1) is 17.1. The minimum Gasteiger partial charge on any atom is -0.493 e. The van der Waals surface area contributed by atoms with Crippen molar-refractivity contribution in [2.45, 2.75) is 25.7 Å². The van der Waals surface area contributed by atoms with Crippen molar-refractivity contribution in [3.63, 3.8) is 0 Å². The number of nitrogens with zero attached hydrogens (tertiary/aromatic N) is 2. The van der Waals surface area contributed by atoms with Gasteiger partial charge < -0.3 is 29.9 Å². The number of pyridine rings is 1. The van der Waals surface area contributed by atoms with Crippen molar-refractivity contribution in [3.8, 4) is 23.0 Å². The summed E-state index contributed by atoms with van der Waals surface area (Å²) in [4.78, 5) is 6.93. The van der Waals surface area contributed by atoms with Gasteiger partial charge in [-0.2, -0.15) is 0 Å². The number of likely N-dealkylation sites (tertiary alicyclic amines) is 1. The number of fused-ring (bicyclic) bond motifs is 1. The van der Waals surface area contributed by atoms with Crippen molar-refractivity contribution in [1.82, 2.24) is 15.3 Å². The molecule has 35 heavy (non-hydrogen) atoms. The maximum absolute atomic E-state index is 14.7. The van der Waals surface area contributed by atoms with Crippen molar-refractivity contribution >= 4 is 33.9 Å². The van der Waals surface area contributed by atoms with Crippen LogP contribution in [-0.4, -0.2) is 48.3 Å². The highest BCUT2D eigenvalue weighted by Gasteiger charge is 2.15. The lowest BCUT2D eigenvalue weighted by atomic mass is 10.1. The molecule has 1 aromatic heterocycles. The normalized spacial score (nSPS) is 13.9. The highest BCUT2D eigenvalue weighted by molar-refractivity contribution is 7.80. The molecule has 0 atom stereocenters. The first-order valence-electron chi connectivity index (χ1n) is 11.6. The van der Waals surface area contributed by atoms with Gasteiger partial charge in [0.1, 0.15) is 5.75 Å². The number of nitrogens with two attached hydrogens (primary N) is 1. The van der Waals surface area contributed by atoms with E-state index in [1.807, 2.05) is 6.07 Å². The fraction of sp³-hybridized carbons (Fsp3) is 0.360. The first-order valence-corrected chi connectivity index (χ1v) is 12.0. The number of benzene rings is 2. The molecule has 2 aromatic carbocycles. The van der Waals surface area contributed by atoms with Crippen LogP contribution in [0.5, 0.6) is 23.0 Å². The molecule has 8 nitrogen and oxygen atoms in total. The van der Waals surface area contributed by atoms with Crippen LogP contribution < -0.4 is 30.8 Å². The van der Waals surface area contributed by atoms with Gasteiger partial charge in [-0.1, -0.05) is 6.42 Å². The average Bonchev–Trinajstić information content (AvgIpc) is 2.88. The second-order valence-corrected chi connectivity index (χ2v) is 8.69. The van der Waals surface area contributed by atoms with Crippen molar-refractivity contribution < 1.29 is 18.6 Å². The predicted molar refractivity (Wildman–Crippen MR) is 139 cm³/mol. The van der Waals surface area contributed by atoms with Gasteiger partial charge in [-0.05, 0) is 68.8 Å². The van der Waals surface area contributed by atoms with E-state index in [2.05, 4.69) is 20.6 Å². The molecule has 0 amide bonds. The van der Waals surface area contributed by atoms with Crippen molar-refractivity contribution in [2.24, 2.45) is 5.84 Å². The molecule has 0 saturated carbocycles. The smallest absolute Gasteiger partial charge is 0.185 e. The number of ether oxygens (including phenoxy) is 3. The van der Waals surface area contributed by atoms with E-state index >= 15 is 0 Å². The van der Waals surface area contributed by atoms with Gasteiger partial charge in [-0.15, -0.1) is 0 Å². The van der Waals surface area contributed by atoms with Gasteiger partial charge in [0, 0.05) is 35.9 Å². The zero-order valence-electron chi connectivity index (χ0n) is 19.7. The second-order valence-electron chi connectivity index (χ2n) is 8.28. The fourth-order valence-electron chi connectivity index (χ4n) is 4.09. The maximum atomic E-state index is 14.7. The number of hydrogen-bond acceptors (Lipinski definition) is 7. The SMILES string of the molecule is COc1cc2c(Oc3ccc(NC(=S)NN)cc3F)ccnc2cc1OCCCN1CCCCC1. The number of thiocarbonyl (C=S) groups is 1. The van der Waals surface area contributed by atoms with Crippen molar-refractivity contribution in [1.29, 1.82) is 0 Å². The number of methoxy groups -OCH3 is 1. The molecule has 10 heteroatoms. The molecule has 1 saturated heterocycles. The number of anilines is 1. The Morgan fingerprint density at radius 1 is 1.09 bits per heavy atom. The lowest BCUT2D eigenvalue weighted by Gasteiger charge is -2.26. The largest absolute Gasteiger partial charge is 0.493 e. The van der Waals surface area contributed by atoms with Crippen LogP contribution in [0.2, 0.25) is 0 Å². The molecule has 4 rings (SSSR count). The standard InChI is InChI=1S/C25H30FN5O3S/c1-32-23-15-18-20(16-24(23)33-13-5-12-31-10-3-2-4-11-31)28-9-8-21(18)34-22-7-6-17(14-19(22)26)29-25(35)30-27/h6-9,14-16H,2-5,10-13,27H2,1H3,(H2,29,30,35). The lowest BCUT2D eigenvalue weighted by molar-refractivity contribution is 0.203. The molecule has 0 radical (unpaired) electrons. The van der Waals surface area contributed by atoms with E-state index < -0.39 is 5.82 Å². The van der Waals surface area contributed by atoms with Gasteiger partial charge in [0.2, 0.25) is 0 Å². The zero-order valence-corrected chi connectivity index (χ0v) is 20.5. The number of rotatable bonds is 9. The molecule has 1 aliphatic heterocycles. The molecule has 1 aliphatic rings. The Bertz CT molecular complexity index is 1170. The van der Waals surface area contributed by atoms with Crippen LogP contribution >= 0.6 is 12.2 Å². The minimum atomic E-state index is -0.555. The summed E-state index contributed by atoms with van der Waals surface area (Å²) >= 11 is 4.94. The molecule has 0 spiro atoms. The molecule has 3 aromatic rings. The first kappa shape index (κ1) is 24.9. The summed E-state index contributed by atoms with van der Waals surface area (Å²) in [5.41, 5.74) is 3.39. The number of hydrazine groups is 1. The van der Waals surface area contributed by atoms with Crippen molar-refractivity contribution in [2.75, 3.05) is 38.7 Å². The van der Waals surface area contributed by atoms with Crippen LogP contribution in [0.15, 0.2) is 42.6 Å². The van der Waals surface area contributed by atoms with Gasteiger partial charge in [0.25, 0.3) is 0 Å². The van der Waals surface area contributed by atoms with E-state index in [1.165, 1.54) is 44.5 Å². The van der Waals surface area contributed by atoms with E-state index in [4.69, 9.17) is 32.3 Å². The topological polar surface area (TPSA) is 93.9 Å². The quantitative estimate of drug-likeness (QED) is 0.169. The fourth-order valence-corrected chi connectivity index (χ4v) is 4.21. The Balaban J connectivity index is 1.47. The molecular weight excluding hydrogens is 469 g/mol. The highest BCUT2D eigenvalue weighted by atomic mass is 32.1. The van der Waals surface area contributed by atoms with Crippen molar-refractivity contribution in [3.05, 3.63) is 48.4 Å². The molecule has 186 valence electrons. The number of halogens is 1. The molecule has 0 unspecified atom stereocenters. The summed E-state index contributed by atoms with van der Waals surface area (Å²) in [5, 5.41) is 3.63. The lowest BCUT2D eigenvalue weighted by Crippen LogP contribution is -2.34. The second kappa shape index (κ2) is 12.0. The van der Waals surface area contributed by atoms with Crippen LogP contribution in [0.1, 0.15) is 25.7 Å². The number of hydrogen-bond donors (Lipinski definition) is 3. The summed E-state index contributed by atoms with van der Waals surface area (Å²) in [6.45, 7) is 3.96. The van der Waals surface area contributed by atoms with Gasteiger partial charge >= 0.3 is 0 Å². The van der Waals surface area contributed by atoms with Gasteiger partial charge in [0.05, 0.1) is 19.2 Å². The Labute approximate surface area is 209 Å². The van der Waals surface area contributed by atoms with E-state index in [0.717, 1.165) is 13.0 Å². The van der Waals surface area contributed by atoms with Crippen LogP contribution in [0.3, 0.4) is 0 Å². The summed E-state index contributed by atoms with van der Waals surface area (Å²) in [6.07, 6.45) is 6.44. The average molecular weight is 500 g/mol. The Morgan fingerprint density at radius 2 is 1.91 bits per heavy atom. The van der Waals surface area contributed by atoms with Gasteiger partial charge in [-0.3, -0.25) is 4.98 Å². The van der Waals surface area contributed by atoms with E-state index in [1.54, 1.807) is 31.5 Å². The molecule has 0 aliphatic carbocycles. The Kier molecular flexibility index (Phi) is 8.51. The van der Waals surface area contributed by atoms with E-state index in [9.17, 15) is 4.39 Å². The third kappa shape index (κ3) is 6.47. The third-order valence-electron chi connectivity index (χ3n) is 5.85. The minimum absolute atomic E-state index is 0.0617. The van der Waals surface area contributed by atoms with Crippen LogP contribution in [0, 0.1) is 5.82 Å². The maximum Gasteiger partial charge on any atom is 0.185 e. The third-order valence-corrected chi connectivity index (χ3v) is 6.07. The monoisotopic (exact) mass is 499 g/mol. The molecule has 2 heterocycles. The van der Waals surface area contributed by atoms with Crippen LogP contribution in [-0.2, 0) is 0 Å². The van der Waals surface area contributed by atoms with E-state index in [0.29, 0.717) is 40.4 Å². The predicted octanol–water partition coefficient (Wildman–Crippen LogP) is 4.59. The Hall–Kier alpha value is -3.21. The van der Waals surface area contributed by atoms with Crippen LogP contribution in [0.25, 0.3) is 10.9 Å². The summed E-state index contributed by atoms with van der Waals surface area (Å²) in [6, 6.07) is 9.74. The molecule has 1 fully saturated rings. The number of piperidine rings is 1. The highest BCUT2D eigenvalue weighted by Crippen LogP contribution is 2.37. The summed E-state index contributed by atoms with van der Waals surface area (Å²) in [7, 11) is 1.59. The summed E-state index contributed by atoms with van der Waals surface area (Å²) in [5.74, 6) is 6.38. The number of nitrogens with one attached hydrogen (secondary N) is 2. The van der Waals surface area contributed by atoms with Crippen LogP contribution in [0.4, 0.5) is 10.1 Å².